The van der Waals surface area contributed by atoms with E-state index in [9.17, 15) is 0 Å². The minimum Gasteiger partial charge on any atom is -0.457 e. The molecule has 0 amide bonds. The van der Waals surface area contributed by atoms with Gasteiger partial charge in [0.2, 0.25) is 0 Å². The zero-order valence-corrected chi connectivity index (χ0v) is 11.6. The van der Waals surface area contributed by atoms with E-state index in [2.05, 4.69) is 41.2 Å². The molecule has 3 atom stereocenters. The predicted molar refractivity (Wildman–Crippen MR) is 66.3 cm³/mol. The molecule has 2 fully saturated rings. The van der Waals surface area contributed by atoms with Gasteiger partial charge in [-0.3, -0.25) is 0 Å². The van der Waals surface area contributed by atoms with Gasteiger partial charge < -0.3 is 4.74 Å². The van der Waals surface area contributed by atoms with E-state index in [4.69, 9.17) is 16.3 Å². The van der Waals surface area contributed by atoms with Crippen LogP contribution in [0.1, 0.15) is 40.0 Å². The monoisotopic (exact) mass is 268 g/mol. The van der Waals surface area contributed by atoms with Crippen LogP contribution in [0, 0.1) is 16.7 Å². The molecule has 2 saturated carbocycles. The van der Waals surface area contributed by atoms with Crippen LogP contribution in [0.15, 0.2) is 0 Å². The molecule has 2 aliphatic rings. The molecule has 5 nitrogen and oxygen atoms in total. The third kappa shape index (κ3) is 1.53. The number of hydrogen-bond acceptors (Lipinski definition) is 5. The van der Waals surface area contributed by atoms with Crippen molar-refractivity contribution in [3.63, 3.8) is 0 Å². The van der Waals surface area contributed by atoms with Crippen LogP contribution in [0.3, 0.4) is 0 Å². The highest BCUT2D eigenvalue weighted by Gasteiger charge is 2.62. The summed E-state index contributed by atoms with van der Waals surface area (Å²) in [6, 6.07) is 0.231. The fraction of sp³-hybridized carbons (Fsp3) is 0.833. The molecule has 0 saturated heterocycles. The van der Waals surface area contributed by atoms with E-state index in [0.717, 1.165) is 12.3 Å². The van der Waals surface area contributed by atoms with Crippen molar-refractivity contribution < 1.29 is 4.74 Å². The second-order valence-electron chi connectivity index (χ2n) is 6.17. The Kier molecular flexibility index (Phi) is 2.52. The van der Waals surface area contributed by atoms with Crippen molar-refractivity contribution in [1.29, 1.82) is 0 Å². The van der Waals surface area contributed by atoms with Gasteiger partial charge in [-0.2, -0.15) is 0 Å². The summed E-state index contributed by atoms with van der Waals surface area (Å²) in [7, 11) is 0. The van der Waals surface area contributed by atoms with E-state index < -0.39 is 0 Å². The zero-order valence-electron chi connectivity index (χ0n) is 10.9. The maximum atomic E-state index is 5.90. The summed E-state index contributed by atoms with van der Waals surface area (Å²) < 4.78 is 5.90. The molecule has 98 valence electrons. The minimum atomic E-state index is 0.0434. The van der Waals surface area contributed by atoms with Crippen LogP contribution < -0.4 is 4.74 Å². The highest BCUT2D eigenvalue weighted by atomic mass is 35.5. The van der Waals surface area contributed by atoms with Crippen LogP contribution in [0.2, 0.25) is 5.28 Å². The third-order valence-corrected chi connectivity index (χ3v) is 5.55. The van der Waals surface area contributed by atoms with E-state index in [0.29, 0.717) is 5.41 Å². The first-order valence-electron chi connectivity index (χ1n) is 6.33. The lowest BCUT2D eigenvalue weighted by Crippen LogP contribution is -2.39. The Bertz CT molecular complexity index is 464. The Labute approximate surface area is 111 Å². The number of ether oxygens (including phenoxy) is 1. The summed E-state index contributed by atoms with van der Waals surface area (Å²) in [6.45, 7) is 6.99. The van der Waals surface area contributed by atoms with Crippen LogP contribution >= 0.6 is 11.6 Å². The van der Waals surface area contributed by atoms with Gasteiger partial charge in [0.05, 0.1) is 0 Å². The molecule has 18 heavy (non-hydrogen) atoms. The molecule has 2 bridgehead atoms. The lowest BCUT2D eigenvalue weighted by atomic mass is 9.70. The minimum absolute atomic E-state index is 0.0434. The van der Waals surface area contributed by atoms with Crippen molar-refractivity contribution >= 4 is 11.6 Å². The average molecular weight is 269 g/mol. The number of hydrogen-bond donors (Lipinski definition) is 0. The van der Waals surface area contributed by atoms with Crippen LogP contribution in [-0.2, 0) is 0 Å². The predicted octanol–water partition coefficient (Wildman–Crippen LogP) is 2.51. The summed E-state index contributed by atoms with van der Waals surface area (Å²) in [5, 5.41) is 15.0. The van der Waals surface area contributed by atoms with Gasteiger partial charge in [-0.1, -0.05) is 31.0 Å². The molecule has 2 aliphatic carbocycles. The van der Waals surface area contributed by atoms with Crippen LogP contribution in [0.4, 0.5) is 0 Å². The van der Waals surface area contributed by atoms with Gasteiger partial charge >= 0.3 is 6.01 Å². The molecule has 0 spiro atoms. The molecule has 3 unspecified atom stereocenters. The highest BCUT2D eigenvalue weighted by Crippen LogP contribution is 2.65. The van der Waals surface area contributed by atoms with E-state index in [-0.39, 0.29) is 22.8 Å². The Hall–Kier alpha value is -0.970. The molecule has 0 aliphatic heterocycles. The number of fused-ring (bicyclic) bond motifs is 2. The fourth-order valence-electron chi connectivity index (χ4n) is 3.69. The van der Waals surface area contributed by atoms with E-state index in [1.54, 1.807) is 0 Å². The maximum absolute atomic E-state index is 5.90. The number of aromatic nitrogens is 4. The van der Waals surface area contributed by atoms with Gasteiger partial charge in [0.15, 0.2) is 0 Å². The Morgan fingerprint density at radius 1 is 1.17 bits per heavy atom. The molecular weight excluding hydrogens is 252 g/mol. The van der Waals surface area contributed by atoms with Gasteiger partial charge in [-0.15, -0.1) is 10.2 Å². The first kappa shape index (κ1) is 12.1. The molecular formula is C12H17ClN4O. The van der Waals surface area contributed by atoms with Crippen molar-refractivity contribution in [2.75, 3.05) is 0 Å². The van der Waals surface area contributed by atoms with Crippen molar-refractivity contribution in [3.8, 4) is 6.01 Å². The lowest BCUT2D eigenvalue weighted by molar-refractivity contribution is 0.0227. The summed E-state index contributed by atoms with van der Waals surface area (Å²) in [4.78, 5) is 0. The van der Waals surface area contributed by atoms with Gasteiger partial charge in [0, 0.05) is 5.41 Å². The zero-order chi connectivity index (χ0) is 13.0. The van der Waals surface area contributed by atoms with Crippen LogP contribution in [0.25, 0.3) is 0 Å². The molecule has 0 N–H and O–H groups in total. The van der Waals surface area contributed by atoms with Crippen molar-refractivity contribution in [2.45, 2.75) is 46.1 Å². The summed E-state index contributed by atoms with van der Waals surface area (Å²) in [5.41, 5.74) is 0.492. The Morgan fingerprint density at radius 2 is 1.83 bits per heavy atom. The SMILES string of the molecule is CC1(C)C2CCC1(C)C(Oc1nnc(Cl)nn1)C2. The molecule has 0 aromatic carbocycles. The quantitative estimate of drug-likeness (QED) is 0.825. The largest absolute Gasteiger partial charge is 0.457 e. The van der Waals surface area contributed by atoms with Crippen LogP contribution in [0.5, 0.6) is 6.01 Å². The third-order valence-electron chi connectivity index (χ3n) is 5.40. The maximum Gasteiger partial charge on any atom is 0.355 e. The lowest BCUT2D eigenvalue weighted by Gasteiger charge is -2.38. The van der Waals surface area contributed by atoms with Gasteiger partial charge in [0.25, 0.3) is 5.28 Å². The molecule has 0 radical (unpaired) electrons. The fourth-order valence-corrected chi connectivity index (χ4v) is 3.77. The molecule has 1 aromatic heterocycles. The van der Waals surface area contributed by atoms with Crippen LogP contribution in [-0.4, -0.2) is 26.5 Å². The molecule has 1 aromatic rings. The van der Waals surface area contributed by atoms with Crippen molar-refractivity contribution in [1.82, 2.24) is 20.4 Å². The number of rotatable bonds is 2. The summed E-state index contributed by atoms with van der Waals surface area (Å²) in [5.74, 6) is 0.723. The molecule has 6 heteroatoms. The normalized spacial score (nSPS) is 36.9. The first-order valence-corrected chi connectivity index (χ1v) is 6.71. The topological polar surface area (TPSA) is 60.8 Å². The van der Waals surface area contributed by atoms with Gasteiger partial charge in [-0.25, -0.2) is 0 Å². The van der Waals surface area contributed by atoms with E-state index >= 15 is 0 Å². The number of nitrogens with zero attached hydrogens (tertiary/aromatic N) is 4. The summed E-state index contributed by atoms with van der Waals surface area (Å²) >= 11 is 5.56. The molecule has 1 heterocycles. The molecule has 3 rings (SSSR count). The first-order chi connectivity index (χ1) is 8.43. The van der Waals surface area contributed by atoms with E-state index in [1.165, 1.54) is 12.8 Å². The number of halogens is 1. The summed E-state index contributed by atoms with van der Waals surface area (Å²) in [6.07, 6.45) is 3.71. The smallest absolute Gasteiger partial charge is 0.355 e. The van der Waals surface area contributed by atoms with Gasteiger partial charge in [-0.05, 0) is 42.2 Å². The van der Waals surface area contributed by atoms with E-state index in [1.807, 2.05) is 0 Å². The second-order valence-corrected chi connectivity index (χ2v) is 6.51. The highest BCUT2D eigenvalue weighted by molar-refractivity contribution is 6.28. The Balaban J connectivity index is 1.81. The van der Waals surface area contributed by atoms with Crippen molar-refractivity contribution in [3.05, 3.63) is 5.28 Å². The van der Waals surface area contributed by atoms with Gasteiger partial charge in [0.1, 0.15) is 6.10 Å². The standard InChI is InChI=1S/C12H17ClN4O/c1-11(2)7-4-5-12(11,3)8(6-7)18-10-16-14-9(13)15-17-10/h7-8H,4-6H2,1-3H3. The average Bonchev–Trinajstić information content (AvgIpc) is 2.65. The Morgan fingerprint density at radius 3 is 2.33 bits per heavy atom. The second kappa shape index (κ2) is 3.76. The van der Waals surface area contributed by atoms with Crippen molar-refractivity contribution in [2.24, 2.45) is 16.7 Å².